The number of carbonyl (C=O) groups excluding carboxylic acids is 1. The van der Waals surface area contributed by atoms with Crippen LogP contribution in [-0.4, -0.2) is 33.3 Å². The minimum absolute atomic E-state index is 0.238. The van der Waals surface area contributed by atoms with E-state index in [9.17, 15) is 26.4 Å². The van der Waals surface area contributed by atoms with Gasteiger partial charge in [0.15, 0.2) is 17.5 Å². The molecule has 1 aliphatic heterocycles. The first-order chi connectivity index (χ1) is 12.8. The molecule has 0 saturated carbocycles. The van der Waals surface area contributed by atoms with Gasteiger partial charge < -0.3 is 10.6 Å². The average molecular weight is 399 g/mol. The number of anilines is 2. The van der Waals surface area contributed by atoms with E-state index in [0.717, 1.165) is 11.6 Å². The van der Waals surface area contributed by atoms with E-state index < -0.39 is 39.2 Å². The van der Waals surface area contributed by atoms with Crippen LogP contribution in [0.4, 0.5) is 29.3 Å². The molecule has 144 valence electrons. The first kappa shape index (κ1) is 19.0. The maximum atomic E-state index is 13.5. The number of sulfonamides is 1. The summed E-state index contributed by atoms with van der Waals surface area (Å²) in [6.45, 7) is 0.0894. The molecule has 10 heteroatoms. The van der Waals surface area contributed by atoms with Gasteiger partial charge in [-0.15, -0.1) is 0 Å². The largest absolute Gasteiger partial charge is 0.337 e. The number of benzene rings is 2. The van der Waals surface area contributed by atoms with Gasteiger partial charge in [0.1, 0.15) is 0 Å². The van der Waals surface area contributed by atoms with E-state index in [2.05, 4.69) is 5.32 Å². The SMILES string of the molecule is O=C(NCCS(=O)(=O)N1CCc2ccccc21)Nc1ccc(F)c(F)c1F. The number of rotatable bonds is 5. The van der Waals surface area contributed by atoms with Crippen molar-refractivity contribution in [3.8, 4) is 0 Å². The lowest BCUT2D eigenvalue weighted by molar-refractivity contribution is 0.252. The standard InChI is InChI=1S/C17H16F3N3O3S/c18-12-5-6-13(16(20)15(12)19)22-17(24)21-8-10-27(25,26)23-9-7-11-3-1-2-4-14(11)23/h1-6H,7-10H2,(H2,21,22,24). The third kappa shape index (κ3) is 4.00. The molecule has 2 aromatic rings. The van der Waals surface area contributed by atoms with E-state index in [1.807, 2.05) is 17.4 Å². The fourth-order valence-corrected chi connectivity index (χ4v) is 4.22. The molecular weight excluding hydrogens is 383 g/mol. The third-order valence-corrected chi connectivity index (χ3v) is 5.88. The lowest BCUT2D eigenvalue weighted by atomic mass is 10.2. The number of para-hydroxylation sites is 1. The molecule has 0 saturated heterocycles. The molecule has 27 heavy (non-hydrogen) atoms. The van der Waals surface area contributed by atoms with Gasteiger partial charge in [0, 0.05) is 13.1 Å². The predicted molar refractivity (Wildman–Crippen MR) is 94.6 cm³/mol. The molecule has 1 aliphatic rings. The van der Waals surface area contributed by atoms with Crippen molar-refractivity contribution in [1.82, 2.24) is 5.32 Å². The number of hydrogen-bond acceptors (Lipinski definition) is 3. The summed E-state index contributed by atoms with van der Waals surface area (Å²) in [5, 5.41) is 4.27. The molecule has 0 fully saturated rings. The number of halogens is 3. The average Bonchev–Trinajstić information content (AvgIpc) is 3.07. The number of amides is 2. The van der Waals surface area contributed by atoms with Crippen molar-refractivity contribution >= 4 is 27.4 Å². The van der Waals surface area contributed by atoms with Crippen LogP contribution < -0.4 is 14.9 Å². The van der Waals surface area contributed by atoms with Crippen molar-refractivity contribution in [3.05, 3.63) is 59.4 Å². The Morgan fingerprint density at radius 3 is 2.59 bits per heavy atom. The fourth-order valence-electron chi connectivity index (χ4n) is 2.79. The molecule has 0 radical (unpaired) electrons. The Hall–Kier alpha value is -2.75. The van der Waals surface area contributed by atoms with E-state index in [1.165, 1.54) is 4.31 Å². The molecule has 2 amide bonds. The van der Waals surface area contributed by atoms with Crippen LogP contribution >= 0.6 is 0 Å². The van der Waals surface area contributed by atoms with Crippen LogP contribution in [0.15, 0.2) is 36.4 Å². The first-order valence-electron chi connectivity index (χ1n) is 8.06. The highest BCUT2D eigenvalue weighted by atomic mass is 32.2. The molecular formula is C17H16F3N3O3S. The Morgan fingerprint density at radius 2 is 1.81 bits per heavy atom. The van der Waals surface area contributed by atoms with Gasteiger partial charge in [0.25, 0.3) is 0 Å². The predicted octanol–water partition coefficient (Wildman–Crippen LogP) is 2.62. The van der Waals surface area contributed by atoms with E-state index in [1.54, 1.807) is 12.1 Å². The van der Waals surface area contributed by atoms with E-state index >= 15 is 0 Å². The van der Waals surface area contributed by atoms with Crippen molar-refractivity contribution in [3.63, 3.8) is 0 Å². The van der Waals surface area contributed by atoms with Crippen LogP contribution in [0, 0.1) is 17.5 Å². The monoisotopic (exact) mass is 399 g/mol. The van der Waals surface area contributed by atoms with Crippen LogP contribution in [-0.2, 0) is 16.4 Å². The van der Waals surface area contributed by atoms with Gasteiger partial charge in [-0.3, -0.25) is 4.31 Å². The van der Waals surface area contributed by atoms with Gasteiger partial charge >= 0.3 is 6.03 Å². The fraction of sp³-hybridized carbons (Fsp3) is 0.235. The normalized spacial score (nSPS) is 13.4. The Bertz CT molecular complexity index is 983. The molecule has 0 atom stereocenters. The summed E-state index contributed by atoms with van der Waals surface area (Å²) in [7, 11) is -3.66. The number of nitrogens with one attached hydrogen (secondary N) is 2. The lowest BCUT2D eigenvalue weighted by Gasteiger charge is -2.19. The van der Waals surface area contributed by atoms with Crippen molar-refractivity contribution in [2.75, 3.05) is 28.5 Å². The number of urea groups is 1. The molecule has 1 heterocycles. The summed E-state index contributed by atoms with van der Waals surface area (Å²) in [6, 6.07) is 7.75. The molecule has 0 aromatic heterocycles. The molecule has 0 bridgehead atoms. The molecule has 2 N–H and O–H groups in total. The van der Waals surface area contributed by atoms with Gasteiger partial charge in [-0.25, -0.2) is 26.4 Å². The van der Waals surface area contributed by atoms with E-state index in [4.69, 9.17) is 0 Å². The van der Waals surface area contributed by atoms with Crippen LogP contribution in [0.2, 0.25) is 0 Å². The van der Waals surface area contributed by atoms with Crippen molar-refractivity contribution < 1.29 is 26.4 Å². The highest BCUT2D eigenvalue weighted by Crippen LogP contribution is 2.29. The second-order valence-corrected chi connectivity index (χ2v) is 7.88. The van der Waals surface area contributed by atoms with Gasteiger partial charge in [0.05, 0.1) is 17.1 Å². The van der Waals surface area contributed by atoms with Gasteiger partial charge in [-0.2, -0.15) is 0 Å². The summed E-state index contributed by atoms with van der Waals surface area (Å²) >= 11 is 0. The maximum Gasteiger partial charge on any atom is 0.319 e. The highest BCUT2D eigenvalue weighted by Gasteiger charge is 2.28. The zero-order valence-corrected chi connectivity index (χ0v) is 14.8. The minimum atomic E-state index is -3.66. The van der Waals surface area contributed by atoms with Crippen molar-refractivity contribution in [2.45, 2.75) is 6.42 Å². The summed E-state index contributed by atoms with van der Waals surface area (Å²) in [5.41, 5.74) is 0.995. The molecule has 0 aliphatic carbocycles. The Labute approximate surface area is 154 Å². The van der Waals surface area contributed by atoms with Crippen molar-refractivity contribution in [1.29, 1.82) is 0 Å². The van der Waals surface area contributed by atoms with Gasteiger partial charge in [0.2, 0.25) is 10.0 Å². The number of fused-ring (bicyclic) bond motifs is 1. The van der Waals surface area contributed by atoms with Crippen LogP contribution in [0.3, 0.4) is 0 Å². The smallest absolute Gasteiger partial charge is 0.319 e. The van der Waals surface area contributed by atoms with E-state index in [0.29, 0.717) is 24.7 Å². The molecule has 2 aromatic carbocycles. The van der Waals surface area contributed by atoms with E-state index in [-0.39, 0.29) is 12.3 Å². The molecule has 3 rings (SSSR count). The minimum Gasteiger partial charge on any atom is -0.337 e. The number of carbonyl (C=O) groups is 1. The summed E-state index contributed by atoms with van der Waals surface area (Å²) < 4.78 is 65.8. The van der Waals surface area contributed by atoms with Gasteiger partial charge in [-0.1, -0.05) is 18.2 Å². The first-order valence-corrected chi connectivity index (χ1v) is 9.67. The topological polar surface area (TPSA) is 78.5 Å². The summed E-state index contributed by atoms with van der Waals surface area (Å²) in [4.78, 5) is 11.8. The zero-order chi connectivity index (χ0) is 19.6. The highest BCUT2D eigenvalue weighted by molar-refractivity contribution is 7.92. The summed E-state index contributed by atoms with van der Waals surface area (Å²) in [6.07, 6.45) is 0.610. The Balaban J connectivity index is 1.57. The summed E-state index contributed by atoms with van der Waals surface area (Å²) in [5.74, 6) is -4.99. The number of nitrogens with zero attached hydrogens (tertiary/aromatic N) is 1. The Kier molecular flexibility index (Phi) is 5.26. The Morgan fingerprint density at radius 1 is 1.07 bits per heavy atom. The van der Waals surface area contributed by atoms with Gasteiger partial charge in [-0.05, 0) is 30.2 Å². The second-order valence-electron chi connectivity index (χ2n) is 5.87. The van der Waals surface area contributed by atoms with Crippen LogP contribution in [0.1, 0.15) is 5.56 Å². The quantitative estimate of drug-likeness (QED) is 0.759. The molecule has 0 spiro atoms. The lowest BCUT2D eigenvalue weighted by Crippen LogP contribution is -2.38. The molecule has 6 nitrogen and oxygen atoms in total. The second kappa shape index (κ2) is 7.47. The maximum absolute atomic E-state index is 13.5. The third-order valence-electron chi connectivity index (χ3n) is 4.11. The number of hydrogen-bond donors (Lipinski definition) is 2. The van der Waals surface area contributed by atoms with Crippen molar-refractivity contribution in [2.24, 2.45) is 0 Å². The van der Waals surface area contributed by atoms with Crippen LogP contribution in [0.25, 0.3) is 0 Å². The van der Waals surface area contributed by atoms with Crippen LogP contribution in [0.5, 0.6) is 0 Å². The zero-order valence-electron chi connectivity index (χ0n) is 14.0. The molecule has 0 unspecified atom stereocenters.